The molecule has 0 aliphatic heterocycles. The highest BCUT2D eigenvalue weighted by Crippen LogP contribution is 2.33. The largest absolute Gasteiger partial charge is 0.481 e. The first-order valence-electron chi connectivity index (χ1n) is 5.77. The van der Waals surface area contributed by atoms with Crippen LogP contribution in [0.3, 0.4) is 0 Å². The van der Waals surface area contributed by atoms with Gasteiger partial charge in [-0.15, -0.1) is 0 Å². The third-order valence-corrected chi connectivity index (χ3v) is 3.19. The second-order valence-electron chi connectivity index (χ2n) is 4.30. The summed E-state index contributed by atoms with van der Waals surface area (Å²) in [4.78, 5) is 35.2. The molecule has 0 saturated heterocycles. The van der Waals surface area contributed by atoms with E-state index >= 15 is 0 Å². The van der Waals surface area contributed by atoms with Gasteiger partial charge in [-0.25, -0.2) is 0 Å². The molecule has 2 amide bonds. The van der Waals surface area contributed by atoms with E-state index in [4.69, 9.17) is 10.8 Å². The summed E-state index contributed by atoms with van der Waals surface area (Å²) in [7, 11) is 0. The van der Waals surface area contributed by atoms with Crippen LogP contribution in [0, 0.1) is 11.8 Å². The fourth-order valence-electron chi connectivity index (χ4n) is 2.32. The molecule has 0 aromatic carbocycles. The molecule has 0 radical (unpaired) electrons. The Bertz CT molecular complexity index is 329. The number of carbonyl (C=O) groups is 3. The summed E-state index contributed by atoms with van der Waals surface area (Å²) >= 11 is 0. The number of carbonyl (C=O) groups excluding carboxylic acids is 2. The Morgan fingerprint density at radius 1 is 1.29 bits per heavy atom. The van der Waals surface area contributed by atoms with Crippen LogP contribution in [-0.2, 0) is 14.4 Å². The van der Waals surface area contributed by atoms with Gasteiger partial charge >= 0.3 is 5.97 Å². The van der Waals surface area contributed by atoms with Crippen molar-refractivity contribution in [1.82, 2.24) is 4.90 Å². The molecule has 3 N–H and O–H groups in total. The normalized spacial score (nSPS) is 23.4. The lowest BCUT2D eigenvalue weighted by Gasteiger charge is -2.24. The van der Waals surface area contributed by atoms with Crippen molar-refractivity contribution in [1.29, 1.82) is 0 Å². The van der Waals surface area contributed by atoms with Crippen LogP contribution in [0.5, 0.6) is 0 Å². The fraction of sp³-hybridized carbons (Fsp3) is 0.727. The van der Waals surface area contributed by atoms with Crippen molar-refractivity contribution in [2.24, 2.45) is 17.6 Å². The van der Waals surface area contributed by atoms with E-state index < -0.39 is 23.7 Å². The predicted octanol–water partition coefficient (Wildman–Crippen LogP) is -0.179. The number of aliphatic carboxylic acids is 1. The van der Waals surface area contributed by atoms with E-state index in [2.05, 4.69) is 0 Å². The second-order valence-corrected chi connectivity index (χ2v) is 4.30. The molecule has 0 heterocycles. The molecule has 0 spiro atoms. The summed E-state index contributed by atoms with van der Waals surface area (Å²) < 4.78 is 0. The van der Waals surface area contributed by atoms with E-state index in [0.717, 1.165) is 6.42 Å². The summed E-state index contributed by atoms with van der Waals surface area (Å²) in [5.41, 5.74) is 5.05. The number of carboxylic acid groups (broad SMARTS) is 1. The molecule has 1 aliphatic carbocycles. The molecule has 6 nitrogen and oxygen atoms in total. The van der Waals surface area contributed by atoms with Crippen LogP contribution < -0.4 is 5.73 Å². The molecule has 2 atom stereocenters. The topological polar surface area (TPSA) is 101 Å². The number of nitrogens with two attached hydrogens (primary N) is 1. The lowest BCUT2D eigenvalue weighted by atomic mass is 9.94. The number of hydrogen-bond donors (Lipinski definition) is 2. The number of amides is 2. The van der Waals surface area contributed by atoms with Gasteiger partial charge in [0.1, 0.15) is 0 Å². The standard InChI is InChI=1S/C11H18N2O4/c1-2-13(6-9(12)14)10(15)7-4-3-5-8(7)11(16)17/h7-8H,2-6H2,1H3,(H2,12,14)(H,16,17). The third kappa shape index (κ3) is 3.18. The molecule has 1 saturated carbocycles. The Balaban J connectivity index is 2.73. The van der Waals surface area contributed by atoms with Crippen molar-refractivity contribution in [2.75, 3.05) is 13.1 Å². The van der Waals surface area contributed by atoms with Gasteiger partial charge in [-0.2, -0.15) is 0 Å². The third-order valence-electron chi connectivity index (χ3n) is 3.19. The van der Waals surface area contributed by atoms with Crippen LogP contribution in [0.25, 0.3) is 0 Å². The molecular weight excluding hydrogens is 224 g/mol. The Hall–Kier alpha value is -1.59. The van der Waals surface area contributed by atoms with Gasteiger partial charge in [-0.3, -0.25) is 14.4 Å². The van der Waals surface area contributed by atoms with Crippen molar-refractivity contribution in [3.8, 4) is 0 Å². The molecule has 17 heavy (non-hydrogen) atoms. The predicted molar refractivity (Wildman–Crippen MR) is 59.9 cm³/mol. The fourth-order valence-corrected chi connectivity index (χ4v) is 2.32. The number of carboxylic acids is 1. The van der Waals surface area contributed by atoms with Gasteiger partial charge in [0.15, 0.2) is 0 Å². The quantitative estimate of drug-likeness (QED) is 0.698. The average Bonchev–Trinajstić information content (AvgIpc) is 2.73. The first-order valence-corrected chi connectivity index (χ1v) is 5.77. The van der Waals surface area contributed by atoms with Crippen LogP contribution in [0.15, 0.2) is 0 Å². The van der Waals surface area contributed by atoms with E-state index in [1.165, 1.54) is 4.90 Å². The summed E-state index contributed by atoms with van der Waals surface area (Å²) in [5.74, 6) is -2.91. The Labute approximate surface area is 99.8 Å². The van der Waals surface area contributed by atoms with Gasteiger partial charge < -0.3 is 15.7 Å². The SMILES string of the molecule is CCN(CC(N)=O)C(=O)C1CCCC1C(=O)O. The summed E-state index contributed by atoms with van der Waals surface area (Å²) in [6, 6.07) is 0. The van der Waals surface area contributed by atoms with E-state index in [0.29, 0.717) is 19.4 Å². The second kappa shape index (κ2) is 5.65. The lowest BCUT2D eigenvalue weighted by molar-refractivity contribution is -0.149. The first-order chi connectivity index (χ1) is 7.97. The van der Waals surface area contributed by atoms with Crippen molar-refractivity contribution in [3.05, 3.63) is 0 Å². The van der Waals surface area contributed by atoms with Crippen molar-refractivity contribution in [2.45, 2.75) is 26.2 Å². The van der Waals surface area contributed by atoms with Crippen LogP contribution in [-0.4, -0.2) is 40.9 Å². The van der Waals surface area contributed by atoms with Gasteiger partial charge in [0.2, 0.25) is 11.8 Å². The van der Waals surface area contributed by atoms with Gasteiger partial charge in [-0.05, 0) is 19.8 Å². The van der Waals surface area contributed by atoms with Crippen LogP contribution in [0.1, 0.15) is 26.2 Å². The zero-order valence-electron chi connectivity index (χ0n) is 9.89. The molecule has 1 aliphatic rings. The maximum atomic E-state index is 12.1. The van der Waals surface area contributed by atoms with E-state index in [-0.39, 0.29) is 12.5 Å². The zero-order chi connectivity index (χ0) is 13.0. The summed E-state index contributed by atoms with van der Waals surface area (Å²) in [5, 5.41) is 9.01. The molecule has 96 valence electrons. The Kier molecular flexibility index (Phi) is 4.48. The van der Waals surface area contributed by atoms with Crippen molar-refractivity contribution >= 4 is 17.8 Å². The highest BCUT2D eigenvalue weighted by atomic mass is 16.4. The molecule has 6 heteroatoms. The van der Waals surface area contributed by atoms with Crippen LogP contribution in [0.4, 0.5) is 0 Å². The maximum absolute atomic E-state index is 12.1. The maximum Gasteiger partial charge on any atom is 0.307 e. The first kappa shape index (κ1) is 13.5. The number of primary amides is 1. The molecule has 0 bridgehead atoms. The Morgan fingerprint density at radius 3 is 2.35 bits per heavy atom. The number of nitrogens with zero attached hydrogens (tertiary/aromatic N) is 1. The van der Waals surface area contributed by atoms with Crippen molar-refractivity contribution in [3.63, 3.8) is 0 Å². The summed E-state index contributed by atoms with van der Waals surface area (Å²) in [6.45, 7) is 1.97. The van der Waals surface area contributed by atoms with E-state index in [1.807, 2.05) is 0 Å². The molecule has 1 fully saturated rings. The summed E-state index contributed by atoms with van der Waals surface area (Å²) in [6.07, 6.45) is 1.84. The minimum atomic E-state index is -0.934. The van der Waals surface area contributed by atoms with Gasteiger partial charge in [0.25, 0.3) is 0 Å². The molecule has 0 aromatic rings. The highest BCUT2D eigenvalue weighted by Gasteiger charge is 2.39. The van der Waals surface area contributed by atoms with E-state index in [9.17, 15) is 14.4 Å². The minimum Gasteiger partial charge on any atom is -0.481 e. The zero-order valence-corrected chi connectivity index (χ0v) is 9.89. The van der Waals surface area contributed by atoms with Gasteiger partial charge in [0, 0.05) is 6.54 Å². The monoisotopic (exact) mass is 242 g/mol. The minimum absolute atomic E-state index is 0.141. The highest BCUT2D eigenvalue weighted by molar-refractivity contribution is 5.88. The molecule has 0 aromatic heterocycles. The lowest BCUT2D eigenvalue weighted by Crippen LogP contribution is -2.43. The number of hydrogen-bond acceptors (Lipinski definition) is 3. The molecular formula is C11H18N2O4. The molecule has 2 unspecified atom stereocenters. The van der Waals surface area contributed by atoms with Crippen LogP contribution in [0.2, 0.25) is 0 Å². The van der Waals surface area contributed by atoms with Gasteiger partial charge in [0.05, 0.1) is 18.4 Å². The van der Waals surface area contributed by atoms with Crippen LogP contribution >= 0.6 is 0 Å². The van der Waals surface area contributed by atoms with Crippen molar-refractivity contribution < 1.29 is 19.5 Å². The number of likely N-dealkylation sites (N-methyl/N-ethyl adjacent to an activating group) is 1. The average molecular weight is 242 g/mol. The number of rotatable bonds is 5. The molecule has 1 rings (SSSR count). The van der Waals surface area contributed by atoms with Gasteiger partial charge in [-0.1, -0.05) is 6.42 Å². The Morgan fingerprint density at radius 2 is 1.88 bits per heavy atom. The smallest absolute Gasteiger partial charge is 0.307 e. The van der Waals surface area contributed by atoms with E-state index in [1.54, 1.807) is 6.92 Å².